The average molecular weight is 645 g/mol. The van der Waals surface area contributed by atoms with Crippen molar-refractivity contribution < 1.29 is 0 Å². The van der Waals surface area contributed by atoms with Crippen LogP contribution in [0.5, 0.6) is 0 Å². The number of anilines is 4. The van der Waals surface area contributed by atoms with Gasteiger partial charge in [0.15, 0.2) is 0 Å². The monoisotopic (exact) mass is 644 g/mol. The largest absolute Gasteiger partial charge is 0.317 e. The van der Waals surface area contributed by atoms with Crippen LogP contribution in [-0.2, 0) is 0 Å². The van der Waals surface area contributed by atoms with Crippen LogP contribution in [0.4, 0.5) is 22.7 Å². The molecule has 0 radical (unpaired) electrons. The Bertz CT molecular complexity index is 2050. The van der Waals surface area contributed by atoms with Crippen LogP contribution in [0.3, 0.4) is 0 Å². The number of hydrogen-bond donors (Lipinski definition) is 0. The Hall–Kier alpha value is -6.64. The molecule has 0 aliphatic heterocycles. The number of benzene rings is 6. The second-order valence-electron chi connectivity index (χ2n) is 11.6. The van der Waals surface area contributed by atoms with E-state index in [0.717, 1.165) is 34.0 Å². The van der Waals surface area contributed by atoms with Crippen LogP contribution in [0.15, 0.2) is 231 Å². The normalized spacial score (nSPS) is 11.6. The molecule has 0 atom stereocenters. The first-order chi connectivity index (χ1) is 24.7. The highest BCUT2D eigenvalue weighted by Gasteiger charge is 2.12. The highest BCUT2D eigenvalue weighted by molar-refractivity contribution is 5.78. The second kappa shape index (κ2) is 17.0. The zero-order chi connectivity index (χ0) is 34.4. The number of allylic oxidation sites excluding steroid dienone is 7. The minimum atomic E-state index is 0.953. The zero-order valence-corrected chi connectivity index (χ0v) is 28.1. The summed E-state index contributed by atoms with van der Waals surface area (Å²) in [6, 6.07) is 57.4. The van der Waals surface area contributed by atoms with Crippen LogP contribution >= 0.6 is 0 Å². The van der Waals surface area contributed by atoms with Gasteiger partial charge in [0.05, 0.1) is 0 Å². The van der Waals surface area contributed by atoms with Crippen molar-refractivity contribution in [2.45, 2.75) is 0 Å². The Morgan fingerprint density at radius 3 is 1.40 bits per heavy atom. The lowest BCUT2D eigenvalue weighted by Crippen LogP contribution is -2.13. The van der Waals surface area contributed by atoms with Crippen LogP contribution < -0.4 is 9.80 Å². The molecule has 2 nitrogen and oxygen atoms in total. The van der Waals surface area contributed by atoms with Crippen LogP contribution in [0.25, 0.3) is 28.3 Å². The third-order valence-corrected chi connectivity index (χ3v) is 8.29. The van der Waals surface area contributed by atoms with Crippen LogP contribution in [0.2, 0.25) is 0 Å². The van der Waals surface area contributed by atoms with E-state index in [1.54, 1.807) is 6.08 Å². The smallest absolute Gasteiger partial charge is 0.0462 e. The molecule has 0 aliphatic rings. The van der Waals surface area contributed by atoms with E-state index in [4.69, 9.17) is 0 Å². The molecule has 0 aromatic heterocycles. The predicted octanol–water partition coefficient (Wildman–Crippen LogP) is 13.3. The van der Waals surface area contributed by atoms with Gasteiger partial charge in [-0.2, -0.15) is 0 Å². The Labute approximate surface area is 296 Å². The Morgan fingerprint density at radius 2 is 0.880 bits per heavy atom. The lowest BCUT2D eigenvalue weighted by Gasteiger charge is -2.25. The summed E-state index contributed by atoms with van der Waals surface area (Å²) in [5.74, 6) is 0. The summed E-state index contributed by atoms with van der Waals surface area (Å²) in [7, 11) is 0. The van der Waals surface area contributed by atoms with Gasteiger partial charge < -0.3 is 9.80 Å². The molecule has 0 unspecified atom stereocenters. The fraction of sp³-hybridized carbons (Fsp3) is 0. The van der Waals surface area contributed by atoms with Crippen LogP contribution in [0.1, 0.15) is 5.56 Å². The Morgan fingerprint density at radius 1 is 0.420 bits per heavy atom. The molecule has 2 heteroatoms. The van der Waals surface area contributed by atoms with Gasteiger partial charge in [-0.05, 0) is 94.6 Å². The maximum Gasteiger partial charge on any atom is 0.0462 e. The van der Waals surface area contributed by atoms with Gasteiger partial charge in [-0.1, -0.05) is 159 Å². The zero-order valence-electron chi connectivity index (χ0n) is 28.1. The van der Waals surface area contributed by atoms with Crippen molar-refractivity contribution in [1.29, 1.82) is 0 Å². The molecule has 0 saturated heterocycles. The Balaban J connectivity index is 1.19. The molecule has 6 aromatic carbocycles. The molecule has 0 saturated carbocycles. The predicted molar refractivity (Wildman–Crippen MR) is 217 cm³/mol. The van der Waals surface area contributed by atoms with E-state index in [-0.39, 0.29) is 0 Å². The van der Waals surface area contributed by atoms with Gasteiger partial charge in [0, 0.05) is 34.6 Å². The molecule has 50 heavy (non-hydrogen) atoms. The van der Waals surface area contributed by atoms with Crippen molar-refractivity contribution in [1.82, 2.24) is 0 Å². The van der Waals surface area contributed by atoms with E-state index in [1.165, 1.54) is 22.3 Å². The molecule has 0 aliphatic carbocycles. The van der Waals surface area contributed by atoms with Gasteiger partial charge in [-0.15, -0.1) is 0 Å². The van der Waals surface area contributed by atoms with Gasteiger partial charge in [-0.3, -0.25) is 0 Å². The minimum Gasteiger partial charge on any atom is -0.317 e. The van der Waals surface area contributed by atoms with Crippen LogP contribution in [0, 0.1) is 0 Å². The quantitative estimate of drug-likeness (QED) is 0.115. The summed E-state index contributed by atoms with van der Waals surface area (Å²) in [6.45, 7) is 7.90. The van der Waals surface area contributed by atoms with Crippen molar-refractivity contribution in [3.63, 3.8) is 0 Å². The highest BCUT2D eigenvalue weighted by Crippen LogP contribution is 2.35. The van der Waals surface area contributed by atoms with Crippen molar-refractivity contribution in [3.8, 4) is 22.3 Å². The topological polar surface area (TPSA) is 6.48 Å². The second-order valence-corrected chi connectivity index (χ2v) is 11.6. The van der Waals surface area contributed by atoms with E-state index < -0.39 is 0 Å². The summed E-state index contributed by atoms with van der Waals surface area (Å²) in [6.07, 6.45) is 17.8. The molecular weight excluding hydrogens is 605 g/mol. The Kier molecular flexibility index (Phi) is 11.3. The molecule has 0 spiro atoms. The molecular formula is C48H40N2. The third kappa shape index (κ3) is 8.44. The van der Waals surface area contributed by atoms with Gasteiger partial charge in [0.1, 0.15) is 0 Å². The third-order valence-electron chi connectivity index (χ3n) is 8.29. The number of para-hydroxylation sites is 2. The standard InChI is InChI=1S/C48H40N2/c1-3-5-6-16-38-49(45-34-30-42(31-35-45)40-19-10-7-11-20-40)44(4-2)25-17-18-39-26-28-41(29-27-39)43-32-36-48(37-33-43)50(46-21-12-8-13-22-46)47-23-14-9-15-24-47/h3-38H,1-2H2/b6-5-,18-17+,38-16+,44-25+. The van der Waals surface area contributed by atoms with E-state index >= 15 is 0 Å². The van der Waals surface area contributed by atoms with Crippen molar-refractivity contribution in [2.75, 3.05) is 9.80 Å². The van der Waals surface area contributed by atoms with E-state index in [2.05, 4.69) is 187 Å². The fourth-order valence-corrected chi connectivity index (χ4v) is 5.74. The summed E-state index contributed by atoms with van der Waals surface area (Å²) in [5, 5.41) is 0. The van der Waals surface area contributed by atoms with E-state index in [1.807, 2.05) is 48.7 Å². The van der Waals surface area contributed by atoms with E-state index in [0.29, 0.717) is 0 Å². The molecule has 0 fully saturated rings. The van der Waals surface area contributed by atoms with Gasteiger partial charge in [0.25, 0.3) is 0 Å². The molecule has 0 amide bonds. The van der Waals surface area contributed by atoms with Crippen molar-refractivity contribution in [3.05, 3.63) is 237 Å². The molecule has 6 aromatic rings. The highest BCUT2D eigenvalue weighted by atomic mass is 15.1. The maximum absolute atomic E-state index is 4.12. The van der Waals surface area contributed by atoms with E-state index in [9.17, 15) is 0 Å². The lowest BCUT2D eigenvalue weighted by atomic mass is 10.0. The summed E-state index contributed by atoms with van der Waals surface area (Å²) in [4.78, 5) is 4.40. The van der Waals surface area contributed by atoms with Crippen molar-refractivity contribution >= 4 is 28.8 Å². The van der Waals surface area contributed by atoms with Gasteiger partial charge in [0.2, 0.25) is 0 Å². The SMILES string of the molecule is C=C/C=C\C=C\N(/C(C=C)=C/C=C/c1ccc(-c2ccc(N(c3ccccc3)c3ccccc3)cc2)cc1)c1ccc(-c2ccccc2)cc1. The average Bonchev–Trinajstić information content (AvgIpc) is 3.19. The first-order valence-electron chi connectivity index (χ1n) is 16.8. The summed E-state index contributed by atoms with van der Waals surface area (Å²) >= 11 is 0. The molecule has 0 heterocycles. The van der Waals surface area contributed by atoms with Gasteiger partial charge in [-0.25, -0.2) is 0 Å². The molecule has 242 valence electrons. The van der Waals surface area contributed by atoms with Crippen LogP contribution in [-0.4, -0.2) is 0 Å². The maximum atomic E-state index is 4.12. The minimum absolute atomic E-state index is 0.953. The fourth-order valence-electron chi connectivity index (χ4n) is 5.74. The molecule has 6 rings (SSSR count). The molecule has 0 N–H and O–H groups in total. The lowest BCUT2D eigenvalue weighted by molar-refractivity contribution is 1.21. The number of hydrogen-bond acceptors (Lipinski definition) is 2. The first kappa shape index (κ1) is 33.3. The molecule has 0 bridgehead atoms. The summed E-state index contributed by atoms with van der Waals surface area (Å²) < 4.78 is 0. The summed E-state index contributed by atoms with van der Waals surface area (Å²) in [5.41, 5.74) is 11.2. The number of nitrogens with zero attached hydrogens (tertiary/aromatic N) is 2. The number of rotatable bonds is 13. The first-order valence-corrected chi connectivity index (χ1v) is 16.8. The van der Waals surface area contributed by atoms with Gasteiger partial charge >= 0.3 is 0 Å². The van der Waals surface area contributed by atoms with Crippen molar-refractivity contribution in [2.24, 2.45) is 0 Å².